The normalized spacial score (nSPS) is 14.7. The molecule has 1 saturated heterocycles. The molecule has 3 heterocycles. The first kappa shape index (κ1) is 27.1. The number of pyridine rings is 1. The third kappa shape index (κ3) is 5.11. The molecule has 2 aromatic heterocycles. The monoisotopic (exact) mass is 584 g/mol. The van der Waals surface area contributed by atoms with Gasteiger partial charge in [-0.1, -0.05) is 78.9 Å². The first-order valence-corrected chi connectivity index (χ1v) is 15.9. The zero-order valence-corrected chi connectivity index (χ0v) is 24.8. The molecule has 7 rings (SSSR count). The van der Waals surface area contributed by atoms with Crippen LogP contribution in [0.1, 0.15) is 11.1 Å². The van der Waals surface area contributed by atoms with E-state index in [-0.39, 0.29) is 4.90 Å². The summed E-state index contributed by atoms with van der Waals surface area (Å²) in [6, 6.07) is 35.3. The second kappa shape index (κ2) is 11.2. The summed E-state index contributed by atoms with van der Waals surface area (Å²) in [5.41, 5.74) is 6.31. The van der Waals surface area contributed by atoms with Crippen molar-refractivity contribution in [2.24, 2.45) is 0 Å². The summed E-state index contributed by atoms with van der Waals surface area (Å²) in [5, 5.41) is 1.65. The topological polar surface area (TPSA) is 58.4 Å². The van der Waals surface area contributed by atoms with Gasteiger partial charge >= 0.3 is 0 Å². The van der Waals surface area contributed by atoms with Crippen molar-refractivity contribution in [3.8, 4) is 11.1 Å². The second-order valence-electron chi connectivity index (χ2n) is 11.0. The highest BCUT2D eigenvalue weighted by Crippen LogP contribution is 2.37. The van der Waals surface area contributed by atoms with Crippen LogP contribution in [0.3, 0.4) is 0 Å². The van der Waals surface area contributed by atoms with Crippen LogP contribution >= 0.6 is 0 Å². The SMILES string of the molecule is CN1CCN(c2ccc(-c3ccc4c(c3)c3c(/C=C/c5ccccc5)ccnc3n4S(=O)(=O)c3ccccc3)cc2)CC1. The van der Waals surface area contributed by atoms with Crippen molar-refractivity contribution >= 4 is 49.8 Å². The number of hydrogen-bond acceptors (Lipinski definition) is 5. The molecule has 6 aromatic rings. The lowest BCUT2D eigenvalue weighted by Gasteiger charge is -2.34. The maximum absolute atomic E-state index is 14.1. The van der Waals surface area contributed by atoms with Crippen LogP contribution < -0.4 is 4.90 Å². The summed E-state index contributed by atoms with van der Waals surface area (Å²) in [7, 11) is -1.75. The van der Waals surface area contributed by atoms with Crippen molar-refractivity contribution in [2.45, 2.75) is 4.90 Å². The van der Waals surface area contributed by atoms with E-state index in [1.165, 1.54) is 9.66 Å². The molecule has 0 radical (unpaired) electrons. The summed E-state index contributed by atoms with van der Waals surface area (Å²) in [6.45, 7) is 4.15. The van der Waals surface area contributed by atoms with Gasteiger partial charge in [0.25, 0.3) is 10.0 Å². The fourth-order valence-electron chi connectivity index (χ4n) is 5.86. The molecule has 0 saturated carbocycles. The lowest BCUT2D eigenvalue weighted by Crippen LogP contribution is -2.44. The van der Waals surface area contributed by atoms with Crippen LogP contribution in [0.15, 0.2) is 120 Å². The summed E-state index contributed by atoms with van der Waals surface area (Å²) in [5.74, 6) is 0. The molecule has 0 amide bonds. The summed E-state index contributed by atoms with van der Waals surface area (Å²) in [6.07, 6.45) is 5.77. The van der Waals surface area contributed by atoms with Gasteiger partial charge in [-0.25, -0.2) is 17.4 Å². The summed E-state index contributed by atoms with van der Waals surface area (Å²) >= 11 is 0. The van der Waals surface area contributed by atoms with Gasteiger partial charge in [0.15, 0.2) is 5.65 Å². The third-order valence-corrected chi connectivity index (χ3v) is 9.96. The van der Waals surface area contributed by atoms with E-state index in [0.29, 0.717) is 11.2 Å². The third-order valence-electron chi connectivity index (χ3n) is 8.25. The molecule has 1 aliphatic rings. The molecular formula is C36H32N4O2S. The van der Waals surface area contributed by atoms with Gasteiger partial charge in [0, 0.05) is 48.8 Å². The second-order valence-corrected chi connectivity index (χ2v) is 12.8. The van der Waals surface area contributed by atoms with Crippen LogP contribution in [0.2, 0.25) is 0 Å². The van der Waals surface area contributed by atoms with Gasteiger partial charge in [-0.2, -0.15) is 0 Å². The number of fused-ring (bicyclic) bond motifs is 3. The molecule has 6 nitrogen and oxygen atoms in total. The van der Waals surface area contributed by atoms with E-state index in [0.717, 1.165) is 59.2 Å². The highest BCUT2D eigenvalue weighted by atomic mass is 32.2. The number of aromatic nitrogens is 2. The van der Waals surface area contributed by atoms with Gasteiger partial charge in [-0.3, -0.25) is 0 Å². The molecule has 0 N–H and O–H groups in total. The minimum absolute atomic E-state index is 0.226. The summed E-state index contributed by atoms with van der Waals surface area (Å²) in [4.78, 5) is 9.64. The zero-order valence-electron chi connectivity index (χ0n) is 24.0. The van der Waals surface area contributed by atoms with Crippen LogP contribution in [-0.2, 0) is 10.0 Å². The number of rotatable bonds is 6. The van der Waals surface area contributed by atoms with E-state index in [1.54, 1.807) is 30.5 Å². The Labute approximate surface area is 252 Å². The lowest BCUT2D eigenvalue weighted by molar-refractivity contribution is 0.313. The number of nitrogens with zero attached hydrogens (tertiary/aromatic N) is 4. The van der Waals surface area contributed by atoms with Crippen molar-refractivity contribution in [1.82, 2.24) is 13.9 Å². The average molecular weight is 585 g/mol. The van der Waals surface area contributed by atoms with Gasteiger partial charge in [0.1, 0.15) is 0 Å². The lowest BCUT2D eigenvalue weighted by atomic mass is 10.0. The highest BCUT2D eigenvalue weighted by Gasteiger charge is 2.25. The van der Waals surface area contributed by atoms with Crippen LogP contribution in [0.4, 0.5) is 5.69 Å². The van der Waals surface area contributed by atoms with Gasteiger partial charge in [-0.15, -0.1) is 0 Å². The van der Waals surface area contributed by atoms with E-state index in [1.807, 2.05) is 66.7 Å². The molecule has 214 valence electrons. The largest absolute Gasteiger partial charge is 0.369 e. The molecule has 4 aromatic carbocycles. The van der Waals surface area contributed by atoms with Crippen molar-refractivity contribution < 1.29 is 8.42 Å². The van der Waals surface area contributed by atoms with Crippen LogP contribution in [-0.4, -0.2) is 55.5 Å². The van der Waals surface area contributed by atoms with Crippen molar-refractivity contribution in [2.75, 3.05) is 38.1 Å². The zero-order chi connectivity index (χ0) is 29.4. The molecule has 0 aliphatic carbocycles. The van der Waals surface area contributed by atoms with E-state index >= 15 is 0 Å². The first-order chi connectivity index (χ1) is 21.0. The fourth-order valence-corrected chi connectivity index (χ4v) is 7.36. The number of anilines is 1. The predicted molar refractivity (Wildman–Crippen MR) is 177 cm³/mol. The molecule has 7 heteroatoms. The van der Waals surface area contributed by atoms with Crippen molar-refractivity contribution in [3.05, 3.63) is 127 Å². The Bertz CT molecular complexity index is 2040. The Hall–Kier alpha value is -4.72. The first-order valence-electron chi connectivity index (χ1n) is 14.5. The van der Waals surface area contributed by atoms with Crippen LogP contribution in [0, 0.1) is 0 Å². The van der Waals surface area contributed by atoms with E-state index in [4.69, 9.17) is 0 Å². The van der Waals surface area contributed by atoms with Crippen LogP contribution in [0.5, 0.6) is 0 Å². The summed E-state index contributed by atoms with van der Waals surface area (Å²) < 4.78 is 29.5. The average Bonchev–Trinajstić information content (AvgIpc) is 3.40. The number of benzene rings is 4. The van der Waals surface area contributed by atoms with Gasteiger partial charge in [0.2, 0.25) is 0 Å². The minimum atomic E-state index is -3.91. The maximum Gasteiger partial charge on any atom is 0.269 e. The smallest absolute Gasteiger partial charge is 0.269 e. The van der Waals surface area contributed by atoms with Crippen molar-refractivity contribution in [3.63, 3.8) is 0 Å². The molecular weight excluding hydrogens is 552 g/mol. The molecule has 43 heavy (non-hydrogen) atoms. The maximum atomic E-state index is 14.1. The Morgan fingerprint density at radius 1 is 0.721 bits per heavy atom. The molecule has 0 bridgehead atoms. The van der Waals surface area contributed by atoms with Crippen molar-refractivity contribution in [1.29, 1.82) is 0 Å². The number of hydrogen-bond donors (Lipinski definition) is 0. The quantitative estimate of drug-likeness (QED) is 0.211. The van der Waals surface area contributed by atoms with E-state index in [2.05, 4.69) is 52.2 Å². The predicted octanol–water partition coefficient (Wildman–Crippen LogP) is 7.02. The number of likely N-dealkylation sites (N-methyl/N-ethyl adjacent to an activating group) is 1. The Balaban J connectivity index is 1.39. The van der Waals surface area contributed by atoms with E-state index in [9.17, 15) is 8.42 Å². The molecule has 0 spiro atoms. The Morgan fingerprint density at radius 3 is 2.12 bits per heavy atom. The van der Waals surface area contributed by atoms with Crippen LogP contribution in [0.25, 0.3) is 45.2 Å². The van der Waals surface area contributed by atoms with E-state index < -0.39 is 10.0 Å². The molecule has 0 atom stereocenters. The van der Waals surface area contributed by atoms with Gasteiger partial charge in [0.05, 0.1) is 10.4 Å². The molecule has 1 aliphatic heterocycles. The Morgan fingerprint density at radius 2 is 1.40 bits per heavy atom. The highest BCUT2D eigenvalue weighted by molar-refractivity contribution is 7.90. The van der Waals surface area contributed by atoms with Gasteiger partial charge in [-0.05, 0) is 71.8 Å². The van der Waals surface area contributed by atoms with Gasteiger partial charge < -0.3 is 9.80 Å². The molecule has 0 unspecified atom stereocenters. The fraction of sp³-hybridized carbons (Fsp3) is 0.139. The minimum Gasteiger partial charge on any atom is -0.369 e. The standard InChI is InChI=1S/C36H32N4O2S/c1-38-22-24-39(25-23-38)31-17-14-28(15-18-31)30-16-19-34-33(26-30)35-29(13-12-27-8-4-2-5-9-27)20-21-37-36(35)40(34)43(41,42)32-10-6-3-7-11-32/h2-21,26H,22-25H2,1H3/b13-12+. The molecule has 1 fully saturated rings. The number of piperazine rings is 1. The Kier molecular flexibility index (Phi) is 7.05.